The number of rotatable bonds is 3. The lowest BCUT2D eigenvalue weighted by molar-refractivity contribution is 0.997. The Balaban J connectivity index is 1.31. The van der Waals surface area contributed by atoms with Crippen LogP contribution in [0, 0.1) is 0 Å². The molecular weight excluding hydrogens is 633 g/mol. The van der Waals surface area contributed by atoms with Crippen molar-refractivity contribution in [2.45, 2.75) is 0 Å². The lowest BCUT2D eigenvalue weighted by Crippen LogP contribution is -2.05. The Morgan fingerprint density at radius 2 is 1.08 bits per heavy atom. The number of nitrogens with zero attached hydrogens (tertiary/aromatic N) is 4. The predicted octanol–water partition coefficient (Wildman–Crippen LogP) is 12.4. The van der Waals surface area contributed by atoms with Gasteiger partial charge in [-0.25, -0.2) is 9.97 Å². The monoisotopic (exact) mass is 660 g/mol. The molecule has 0 aliphatic rings. The van der Waals surface area contributed by atoms with Gasteiger partial charge in [-0.2, -0.15) is 0 Å². The van der Waals surface area contributed by atoms with Crippen LogP contribution in [0.3, 0.4) is 0 Å². The van der Waals surface area contributed by atoms with Crippen LogP contribution in [0.2, 0.25) is 0 Å². The second-order valence-electron chi connectivity index (χ2n) is 13.8. The molecule has 0 radical (unpaired) electrons. The summed E-state index contributed by atoms with van der Waals surface area (Å²) < 4.78 is 4.82. The third-order valence-corrected chi connectivity index (χ3v) is 11.0. The summed E-state index contributed by atoms with van der Waals surface area (Å²) in [4.78, 5) is 11.0. The first kappa shape index (κ1) is 27.7. The van der Waals surface area contributed by atoms with Gasteiger partial charge in [-0.3, -0.25) is 8.97 Å². The van der Waals surface area contributed by atoms with Crippen molar-refractivity contribution in [1.82, 2.24) is 18.9 Å². The van der Waals surface area contributed by atoms with Crippen molar-refractivity contribution >= 4 is 81.6 Å². The molecule has 0 amide bonds. The van der Waals surface area contributed by atoms with Crippen molar-refractivity contribution < 1.29 is 0 Å². The van der Waals surface area contributed by atoms with Crippen molar-refractivity contribution in [3.05, 3.63) is 170 Å². The van der Waals surface area contributed by atoms with Crippen LogP contribution < -0.4 is 0 Å². The minimum Gasteiger partial charge on any atom is -0.294 e. The molecule has 52 heavy (non-hydrogen) atoms. The van der Waals surface area contributed by atoms with Gasteiger partial charge < -0.3 is 0 Å². The van der Waals surface area contributed by atoms with E-state index in [9.17, 15) is 0 Å². The molecule has 0 aliphatic carbocycles. The fourth-order valence-corrected chi connectivity index (χ4v) is 8.80. The van der Waals surface area contributed by atoms with Gasteiger partial charge in [0.1, 0.15) is 5.65 Å². The van der Waals surface area contributed by atoms with Crippen molar-refractivity contribution in [2.24, 2.45) is 0 Å². The first-order valence-corrected chi connectivity index (χ1v) is 17.8. The molecule has 4 aromatic heterocycles. The highest BCUT2D eigenvalue weighted by Gasteiger charge is 2.27. The predicted molar refractivity (Wildman–Crippen MR) is 217 cm³/mol. The highest BCUT2D eigenvalue weighted by Crippen LogP contribution is 2.48. The third-order valence-electron chi connectivity index (χ3n) is 11.0. The number of aromatic nitrogens is 4. The molecule has 0 spiro atoms. The van der Waals surface area contributed by atoms with Crippen LogP contribution in [0.5, 0.6) is 0 Å². The number of hydrogen-bond acceptors (Lipinski definition) is 2. The highest BCUT2D eigenvalue weighted by molar-refractivity contribution is 6.36. The minimum absolute atomic E-state index is 0.657. The zero-order chi connectivity index (χ0) is 33.9. The quantitative estimate of drug-likeness (QED) is 0.189. The molecule has 0 atom stereocenters. The van der Waals surface area contributed by atoms with Crippen LogP contribution in [-0.2, 0) is 0 Å². The summed E-state index contributed by atoms with van der Waals surface area (Å²) in [5.41, 5.74) is 9.81. The minimum atomic E-state index is 0.657. The number of hydrogen-bond donors (Lipinski definition) is 0. The Bertz CT molecular complexity index is 3390. The largest absolute Gasteiger partial charge is 0.294 e. The van der Waals surface area contributed by atoms with Crippen LogP contribution in [0.25, 0.3) is 110 Å². The summed E-state index contributed by atoms with van der Waals surface area (Å²) in [6.07, 6.45) is 0. The van der Waals surface area contributed by atoms with Crippen molar-refractivity contribution in [1.29, 1.82) is 0 Å². The summed E-state index contributed by atoms with van der Waals surface area (Å²) in [5, 5.41) is 12.1. The molecule has 0 unspecified atom stereocenters. The molecule has 0 saturated heterocycles. The van der Waals surface area contributed by atoms with Gasteiger partial charge in [0.2, 0.25) is 5.95 Å². The fourth-order valence-electron chi connectivity index (χ4n) is 8.80. The van der Waals surface area contributed by atoms with Crippen LogP contribution in [0.4, 0.5) is 0 Å². The van der Waals surface area contributed by atoms with Gasteiger partial charge in [0, 0.05) is 43.3 Å². The first-order chi connectivity index (χ1) is 25.8. The van der Waals surface area contributed by atoms with Crippen molar-refractivity contribution in [3.63, 3.8) is 0 Å². The molecule has 12 rings (SSSR count). The Morgan fingerprint density at radius 1 is 0.385 bits per heavy atom. The molecule has 0 fully saturated rings. The Hall–Kier alpha value is -7.04. The van der Waals surface area contributed by atoms with Gasteiger partial charge in [-0.15, -0.1) is 0 Å². The molecule has 4 heterocycles. The van der Waals surface area contributed by atoms with Crippen LogP contribution in [0.15, 0.2) is 170 Å². The van der Waals surface area contributed by atoms with Gasteiger partial charge in [0.25, 0.3) is 0 Å². The zero-order valence-electron chi connectivity index (χ0n) is 28.0. The van der Waals surface area contributed by atoms with Crippen LogP contribution in [-0.4, -0.2) is 18.9 Å². The van der Waals surface area contributed by atoms with Gasteiger partial charge in [-0.1, -0.05) is 146 Å². The number of benzene rings is 8. The van der Waals surface area contributed by atoms with E-state index in [0.29, 0.717) is 5.95 Å². The maximum absolute atomic E-state index is 5.57. The SMILES string of the molecule is c1ccc(-c2ccc3nc(-n4c5c6ccccc6ccc5c5c6cc7ccccc7c7c8ccccc8n(c67)c54)nc(-c4ccccc4)c3c2)cc1. The second-order valence-corrected chi connectivity index (χ2v) is 13.8. The van der Waals surface area contributed by atoms with Crippen LogP contribution >= 0.6 is 0 Å². The Kier molecular flexibility index (Phi) is 5.47. The summed E-state index contributed by atoms with van der Waals surface area (Å²) in [6.45, 7) is 0. The normalized spacial score (nSPS) is 12.2. The van der Waals surface area contributed by atoms with E-state index in [4.69, 9.17) is 9.97 Å². The molecule has 4 heteroatoms. The molecule has 240 valence electrons. The van der Waals surface area contributed by atoms with Gasteiger partial charge in [0.05, 0.1) is 27.8 Å². The van der Waals surface area contributed by atoms with Crippen molar-refractivity contribution in [2.75, 3.05) is 0 Å². The lowest BCUT2D eigenvalue weighted by atomic mass is 9.99. The standard InChI is InChI=1S/C48H28N4/c1-3-13-29(14-4-1)32-24-26-40-38(27-32)44(31-16-5-2-6-17-31)50-48(49-40)52-45-35-20-10-7-15-30(35)23-25-37(45)43-39-28-33-18-8-9-19-34(33)42-36-21-11-12-22-41(36)51(46(39)42)47(43)52/h1-28H. The summed E-state index contributed by atoms with van der Waals surface area (Å²) in [7, 11) is 0. The van der Waals surface area contributed by atoms with E-state index in [1.165, 1.54) is 65.1 Å². The second kappa shape index (κ2) is 10.3. The summed E-state index contributed by atoms with van der Waals surface area (Å²) in [5.74, 6) is 0.657. The van der Waals surface area contributed by atoms with Crippen LogP contribution in [0.1, 0.15) is 0 Å². The Morgan fingerprint density at radius 3 is 1.90 bits per heavy atom. The number of para-hydroxylation sites is 1. The summed E-state index contributed by atoms with van der Waals surface area (Å²) >= 11 is 0. The molecule has 0 aliphatic heterocycles. The average Bonchev–Trinajstić information content (AvgIpc) is 3.85. The maximum Gasteiger partial charge on any atom is 0.237 e. The van der Waals surface area contributed by atoms with Gasteiger partial charge >= 0.3 is 0 Å². The van der Waals surface area contributed by atoms with E-state index in [0.717, 1.165) is 38.9 Å². The van der Waals surface area contributed by atoms with E-state index >= 15 is 0 Å². The third kappa shape index (κ3) is 3.65. The molecule has 12 aromatic rings. The van der Waals surface area contributed by atoms with Gasteiger partial charge in [-0.05, 0) is 51.6 Å². The van der Waals surface area contributed by atoms with E-state index in [1.54, 1.807) is 0 Å². The zero-order valence-corrected chi connectivity index (χ0v) is 28.0. The van der Waals surface area contributed by atoms with E-state index < -0.39 is 0 Å². The highest BCUT2D eigenvalue weighted by atomic mass is 15.2. The topological polar surface area (TPSA) is 35.1 Å². The molecule has 4 nitrogen and oxygen atoms in total. The molecule has 0 saturated carbocycles. The smallest absolute Gasteiger partial charge is 0.237 e. The molecule has 0 N–H and O–H groups in total. The maximum atomic E-state index is 5.57. The van der Waals surface area contributed by atoms with E-state index in [1.807, 2.05) is 0 Å². The average molecular weight is 661 g/mol. The molecule has 0 bridgehead atoms. The fraction of sp³-hybridized carbons (Fsp3) is 0. The molecule has 8 aromatic carbocycles. The summed E-state index contributed by atoms with van der Waals surface area (Å²) in [6, 6.07) is 60.9. The molecular formula is C48H28N4. The van der Waals surface area contributed by atoms with E-state index in [-0.39, 0.29) is 0 Å². The van der Waals surface area contributed by atoms with E-state index in [2.05, 4.69) is 179 Å². The number of fused-ring (bicyclic) bond motifs is 13. The first-order valence-electron chi connectivity index (χ1n) is 17.8. The Labute approximate surface area is 297 Å². The van der Waals surface area contributed by atoms with Gasteiger partial charge in [0.15, 0.2) is 0 Å². The van der Waals surface area contributed by atoms with Crippen molar-refractivity contribution in [3.8, 4) is 28.3 Å². The lowest BCUT2D eigenvalue weighted by Gasteiger charge is -2.14.